The SMILES string of the molecule is Cc1ccc(NC(=S)Nc2cccc(Cl)c2F)cc1F. The van der Waals surface area contributed by atoms with Crippen molar-refractivity contribution in [2.45, 2.75) is 6.92 Å². The van der Waals surface area contributed by atoms with Crippen molar-refractivity contribution in [3.05, 3.63) is 58.6 Å². The second kappa shape index (κ2) is 6.15. The summed E-state index contributed by atoms with van der Waals surface area (Å²) in [5.74, 6) is -0.930. The summed E-state index contributed by atoms with van der Waals surface area (Å²) in [4.78, 5) is 0. The Balaban J connectivity index is 2.09. The smallest absolute Gasteiger partial charge is 0.175 e. The molecule has 0 spiro atoms. The number of halogens is 3. The van der Waals surface area contributed by atoms with E-state index >= 15 is 0 Å². The average molecular weight is 313 g/mol. The number of hydrogen-bond acceptors (Lipinski definition) is 1. The minimum atomic E-state index is -0.589. The van der Waals surface area contributed by atoms with Gasteiger partial charge in [0.1, 0.15) is 5.82 Å². The lowest BCUT2D eigenvalue weighted by molar-refractivity contribution is 0.619. The van der Waals surface area contributed by atoms with Crippen LogP contribution >= 0.6 is 23.8 Å². The van der Waals surface area contributed by atoms with Crippen LogP contribution in [0.15, 0.2) is 36.4 Å². The molecule has 0 unspecified atom stereocenters. The van der Waals surface area contributed by atoms with Gasteiger partial charge in [-0.25, -0.2) is 8.78 Å². The first-order valence-corrected chi connectivity index (χ1v) is 6.54. The lowest BCUT2D eigenvalue weighted by Gasteiger charge is -2.12. The Labute approximate surface area is 125 Å². The van der Waals surface area contributed by atoms with Gasteiger partial charge in [0, 0.05) is 5.69 Å². The van der Waals surface area contributed by atoms with Crippen LogP contribution in [0.4, 0.5) is 20.2 Å². The maximum Gasteiger partial charge on any atom is 0.175 e. The second-order valence-electron chi connectivity index (χ2n) is 4.14. The minimum Gasteiger partial charge on any atom is -0.332 e. The fourth-order valence-corrected chi connectivity index (χ4v) is 1.96. The van der Waals surface area contributed by atoms with Crippen LogP contribution in [0.5, 0.6) is 0 Å². The molecule has 0 aromatic heterocycles. The van der Waals surface area contributed by atoms with Crippen LogP contribution in [0.2, 0.25) is 5.02 Å². The monoisotopic (exact) mass is 312 g/mol. The van der Waals surface area contributed by atoms with Gasteiger partial charge in [-0.2, -0.15) is 0 Å². The van der Waals surface area contributed by atoms with E-state index in [0.717, 1.165) is 0 Å². The summed E-state index contributed by atoms with van der Waals surface area (Å²) in [5, 5.41) is 5.59. The van der Waals surface area contributed by atoms with E-state index in [1.807, 2.05) is 0 Å². The van der Waals surface area contributed by atoms with Crippen LogP contribution in [-0.2, 0) is 0 Å². The summed E-state index contributed by atoms with van der Waals surface area (Å²) in [5.41, 5.74) is 1.17. The molecular weight excluding hydrogens is 302 g/mol. The quantitative estimate of drug-likeness (QED) is 0.784. The van der Waals surface area contributed by atoms with Gasteiger partial charge in [-0.3, -0.25) is 0 Å². The third-order valence-corrected chi connectivity index (χ3v) is 3.13. The maximum absolute atomic E-state index is 13.7. The highest BCUT2D eigenvalue weighted by molar-refractivity contribution is 7.80. The van der Waals surface area contributed by atoms with E-state index in [0.29, 0.717) is 11.3 Å². The molecule has 0 fully saturated rings. The molecule has 0 aliphatic carbocycles. The molecule has 2 aromatic carbocycles. The Morgan fingerprint density at radius 2 is 1.90 bits per heavy atom. The van der Waals surface area contributed by atoms with Crippen molar-refractivity contribution in [1.29, 1.82) is 0 Å². The molecule has 0 saturated heterocycles. The van der Waals surface area contributed by atoms with E-state index in [1.165, 1.54) is 18.2 Å². The second-order valence-corrected chi connectivity index (χ2v) is 4.96. The number of thiocarbonyl (C=S) groups is 1. The van der Waals surface area contributed by atoms with Gasteiger partial charge in [0.15, 0.2) is 10.9 Å². The van der Waals surface area contributed by atoms with Gasteiger partial charge in [-0.1, -0.05) is 23.7 Å². The predicted molar refractivity (Wildman–Crippen MR) is 82.4 cm³/mol. The Kier molecular flexibility index (Phi) is 4.52. The Hall–Kier alpha value is -1.72. The van der Waals surface area contributed by atoms with E-state index in [2.05, 4.69) is 10.6 Å². The van der Waals surface area contributed by atoms with Crippen LogP contribution in [0.1, 0.15) is 5.56 Å². The fourth-order valence-electron chi connectivity index (χ4n) is 1.56. The summed E-state index contributed by atoms with van der Waals surface area (Å²) in [6.07, 6.45) is 0. The van der Waals surface area contributed by atoms with Gasteiger partial charge < -0.3 is 10.6 Å². The molecule has 0 bridgehead atoms. The van der Waals surface area contributed by atoms with Crippen molar-refractivity contribution in [3.63, 3.8) is 0 Å². The molecule has 0 aliphatic heterocycles. The molecule has 0 heterocycles. The molecule has 104 valence electrons. The van der Waals surface area contributed by atoms with Crippen molar-refractivity contribution in [2.75, 3.05) is 10.6 Å². The number of aryl methyl sites for hydroxylation is 1. The van der Waals surface area contributed by atoms with Gasteiger partial charge in [0.2, 0.25) is 0 Å². The summed E-state index contributed by atoms with van der Waals surface area (Å²) in [6.45, 7) is 1.66. The van der Waals surface area contributed by atoms with E-state index in [1.54, 1.807) is 25.1 Å². The van der Waals surface area contributed by atoms with Crippen molar-refractivity contribution < 1.29 is 8.78 Å². The molecule has 6 heteroatoms. The first-order valence-electron chi connectivity index (χ1n) is 5.75. The van der Waals surface area contributed by atoms with Crippen LogP contribution in [0, 0.1) is 18.6 Å². The fraction of sp³-hybridized carbons (Fsp3) is 0.0714. The number of anilines is 2. The van der Waals surface area contributed by atoms with E-state index in [4.69, 9.17) is 23.8 Å². The molecular formula is C14H11ClF2N2S. The Morgan fingerprint density at radius 3 is 2.60 bits per heavy atom. The standard InChI is InChI=1S/C14H11ClF2N2S/c1-8-5-6-9(7-11(8)16)18-14(20)19-12-4-2-3-10(15)13(12)17/h2-7H,1H3,(H2,18,19,20). The summed E-state index contributed by atoms with van der Waals surface area (Å²) in [6, 6.07) is 9.17. The van der Waals surface area contributed by atoms with Crippen LogP contribution in [0.25, 0.3) is 0 Å². The van der Waals surface area contributed by atoms with Crippen LogP contribution < -0.4 is 10.6 Å². The third-order valence-electron chi connectivity index (χ3n) is 2.63. The van der Waals surface area contributed by atoms with Crippen molar-refractivity contribution in [2.24, 2.45) is 0 Å². The van der Waals surface area contributed by atoms with Crippen LogP contribution in [0.3, 0.4) is 0 Å². The zero-order valence-electron chi connectivity index (χ0n) is 10.5. The lowest BCUT2D eigenvalue weighted by Crippen LogP contribution is -2.20. The number of benzene rings is 2. The molecule has 2 rings (SSSR count). The molecule has 0 atom stereocenters. The zero-order chi connectivity index (χ0) is 14.7. The lowest BCUT2D eigenvalue weighted by atomic mass is 10.2. The summed E-state index contributed by atoms with van der Waals surface area (Å²) in [7, 11) is 0. The van der Waals surface area contributed by atoms with Gasteiger partial charge in [0.05, 0.1) is 10.7 Å². The number of rotatable bonds is 2. The molecule has 0 amide bonds. The average Bonchev–Trinajstić information content (AvgIpc) is 2.39. The molecule has 2 N–H and O–H groups in total. The third kappa shape index (κ3) is 3.43. The van der Waals surface area contributed by atoms with Crippen LogP contribution in [-0.4, -0.2) is 5.11 Å². The molecule has 2 aromatic rings. The van der Waals surface area contributed by atoms with Gasteiger partial charge >= 0.3 is 0 Å². The molecule has 0 aliphatic rings. The normalized spacial score (nSPS) is 10.2. The van der Waals surface area contributed by atoms with Gasteiger partial charge in [0.25, 0.3) is 0 Å². The van der Waals surface area contributed by atoms with E-state index < -0.39 is 5.82 Å². The van der Waals surface area contributed by atoms with Gasteiger partial charge in [-0.05, 0) is 49.0 Å². The summed E-state index contributed by atoms with van der Waals surface area (Å²) >= 11 is 10.7. The van der Waals surface area contributed by atoms with Crippen molar-refractivity contribution >= 4 is 40.3 Å². The highest BCUT2D eigenvalue weighted by Crippen LogP contribution is 2.22. The zero-order valence-corrected chi connectivity index (χ0v) is 12.1. The first-order chi connectivity index (χ1) is 9.47. The van der Waals surface area contributed by atoms with Crippen molar-refractivity contribution in [3.8, 4) is 0 Å². The molecule has 0 saturated carbocycles. The topological polar surface area (TPSA) is 24.1 Å². The highest BCUT2D eigenvalue weighted by Gasteiger charge is 2.08. The molecule has 20 heavy (non-hydrogen) atoms. The highest BCUT2D eigenvalue weighted by atomic mass is 35.5. The van der Waals surface area contributed by atoms with Gasteiger partial charge in [-0.15, -0.1) is 0 Å². The largest absolute Gasteiger partial charge is 0.332 e. The van der Waals surface area contributed by atoms with E-state index in [-0.39, 0.29) is 21.6 Å². The number of hydrogen-bond donors (Lipinski definition) is 2. The number of nitrogens with one attached hydrogen (secondary N) is 2. The minimum absolute atomic E-state index is 0.000759. The Morgan fingerprint density at radius 1 is 1.15 bits per heavy atom. The van der Waals surface area contributed by atoms with Crippen molar-refractivity contribution in [1.82, 2.24) is 0 Å². The molecule has 0 radical (unpaired) electrons. The molecule has 2 nitrogen and oxygen atoms in total. The first kappa shape index (κ1) is 14.7. The Bertz CT molecular complexity index is 662. The van der Waals surface area contributed by atoms with E-state index in [9.17, 15) is 8.78 Å². The maximum atomic E-state index is 13.7. The summed E-state index contributed by atoms with van der Waals surface area (Å²) < 4.78 is 27.1. The predicted octanol–water partition coefficient (Wildman–Crippen LogP) is 4.74.